The van der Waals surface area contributed by atoms with Gasteiger partial charge < -0.3 is 15.5 Å². The van der Waals surface area contributed by atoms with E-state index in [0.717, 1.165) is 0 Å². The molecule has 1 amide bonds. The third kappa shape index (κ3) is 2.65. The van der Waals surface area contributed by atoms with E-state index in [1.807, 2.05) is 25.7 Å². The third-order valence-electron chi connectivity index (χ3n) is 3.36. The lowest BCUT2D eigenvalue weighted by Crippen LogP contribution is -2.62. The number of aromatic nitrogens is 1. The van der Waals surface area contributed by atoms with E-state index in [0.29, 0.717) is 41.3 Å². The Bertz CT molecular complexity index is 533. The zero-order chi connectivity index (χ0) is 14.9. The molecule has 2 heterocycles. The zero-order valence-corrected chi connectivity index (χ0v) is 13.3. The number of amides is 1. The minimum absolute atomic E-state index is 0.0402. The van der Waals surface area contributed by atoms with Gasteiger partial charge in [0.2, 0.25) is 5.91 Å². The fourth-order valence-electron chi connectivity index (χ4n) is 2.21. The van der Waals surface area contributed by atoms with Gasteiger partial charge >= 0.3 is 0 Å². The first kappa shape index (κ1) is 15.2. The monoisotopic (exact) mass is 316 g/mol. The summed E-state index contributed by atoms with van der Waals surface area (Å²) < 4.78 is 0. The number of pyridine rings is 1. The number of carbonyl (C=O) groups excluding carboxylic acids is 1. The highest BCUT2D eigenvalue weighted by atomic mass is 35.5. The summed E-state index contributed by atoms with van der Waals surface area (Å²) in [6, 6.07) is 1.66. The quantitative estimate of drug-likeness (QED) is 0.899. The standard InChI is InChI=1S/C13H18Cl2N4O/c1-4-16-10-8(14)7-9(15)11(18-10)19-6-5-17-12(20)13(19,2)3/h7H,4-6H2,1-3H3,(H,16,18)(H,17,20). The first-order valence-electron chi connectivity index (χ1n) is 6.53. The molecule has 1 aliphatic heterocycles. The predicted molar refractivity (Wildman–Crippen MR) is 82.9 cm³/mol. The molecular weight excluding hydrogens is 299 g/mol. The van der Waals surface area contributed by atoms with Gasteiger partial charge in [-0.25, -0.2) is 4.98 Å². The molecule has 20 heavy (non-hydrogen) atoms. The topological polar surface area (TPSA) is 57.3 Å². The summed E-state index contributed by atoms with van der Waals surface area (Å²) >= 11 is 12.4. The van der Waals surface area contributed by atoms with Crippen molar-refractivity contribution in [3.05, 3.63) is 16.1 Å². The van der Waals surface area contributed by atoms with Gasteiger partial charge in [-0.15, -0.1) is 0 Å². The van der Waals surface area contributed by atoms with Gasteiger partial charge in [-0.2, -0.15) is 0 Å². The van der Waals surface area contributed by atoms with Crippen LogP contribution in [-0.4, -0.2) is 36.1 Å². The number of anilines is 2. The molecule has 0 aromatic carbocycles. The van der Waals surface area contributed by atoms with Gasteiger partial charge in [0.25, 0.3) is 0 Å². The lowest BCUT2D eigenvalue weighted by atomic mass is 9.99. The second-order valence-corrected chi connectivity index (χ2v) is 5.94. The van der Waals surface area contributed by atoms with Gasteiger partial charge in [0.05, 0.1) is 10.0 Å². The minimum atomic E-state index is -0.702. The molecule has 1 aliphatic rings. The number of piperazine rings is 1. The summed E-state index contributed by atoms with van der Waals surface area (Å²) in [5, 5.41) is 6.86. The van der Waals surface area contributed by atoms with Crippen LogP contribution in [0.5, 0.6) is 0 Å². The Morgan fingerprint density at radius 3 is 2.80 bits per heavy atom. The molecule has 1 saturated heterocycles. The lowest BCUT2D eigenvalue weighted by Gasteiger charge is -2.42. The first-order valence-corrected chi connectivity index (χ1v) is 7.29. The number of carbonyl (C=O) groups is 1. The van der Waals surface area contributed by atoms with Gasteiger partial charge in [-0.1, -0.05) is 23.2 Å². The number of nitrogens with zero attached hydrogens (tertiary/aromatic N) is 2. The molecule has 1 aromatic rings. The average Bonchev–Trinajstić information content (AvgIpc) is 2.37. The number of nitrogens with one attached hydrogen (secondary N) is 2. The molecule has 0 aliphatic carbocycles. The van der Waals surface area contributed by atoms with Crippen molar-refractivity contribution in [2.24, 2.45) is 0 Å². The second-order valence-electron chi connectivity index (χ2n) is 5.12. The summed E-state index contributed by atoms with van der Waals surface area (Å²) in [4.78, 5) is 18.4. The summed E-state index contributed by atoms with van der Waals surface area (Å²) in [7, 11) is 0. The van der Waals surface area contributed by atoms with Crippen molar-refractivity contribution >= 4 is 40.7 Å². The number of rotatable bonds is 3. The normalized spacial score (nSPS) is 17.9. The molecule has 0 saturated carbocycles. The zero-order valence-electron chi connectivity index (χ0n) is 11.8. The molecule has 0 atom stereocenters. The predicted octanol–water partition coefficient (Wildman–Crippen LogP) is 2.54. The van der Waals surface area contributed by atoms with Crippen molar-refractivity contribution in [3.8, 4) is 0 Å². The maximum atomic E-state index is 12.0. The van der Waals surface area contributed by atoms with Crippen LogP contribution in [0.2, 0.25) is 10.0 Å². The highest BCUT2D eigenvalue weighted by Crippen LogP contribution is 2.35. The van der Waals surface area contributed by atoms with Gasteiger partial charge in [0.1, 0.15) is 11.4 Å². The fraction of sp³-hybridized carbons (Fsp3) is 0.538. The van der Waals surface area contributed by atoms with Crippen molar-refractivity contribution in [2.45, 2.75) is 26.3 Å². The summed E-state index contributed by atoms with van der Waals surface area (Å²) in [5.74, 6) is 1.11. The molecule has 2 N–H and O–H groups in total. The van der Waals surface area contributed by atoms with Crippen molar-refractivity contribution in [1.82, 2.24) is 10.3 Å². The molecule has 7 heteroatoms. The smallest absolute Gasteiger partial charge is 0.245 e. The summed E-state index contributed by atoms with van der Waals surface area (Å²) in [6.45, 7) is 7.59. The maximum absolute atomic E-state index is 12.0. The molecule has 5 nitrogen and oxygen atoms in total. The lowest BCUT2D eigenvalue weighted by molar-refractivity contribution is -0.126. The van der Waals surface area contributed by atoms with E-state index >= 15 is 0 Å². The Hall–Kier alpha value is -1.20. The fourth-order valence-corrected chi connectivity index (χ4v) is 2.74. The van der Waals surface area contributed by atoms with E-state index in [1.54, 1.807) is 6.07 Å². The van der Waals surface area contributed by atoms with Crippen molar-refractivity contribution < 1.29 is 4.79 Å². The summed E-state index contributed by atoms with van der Waals surface area (Å²) in [6.07, 6.45) is 0. The number of hydrogen-bond acceptors (Lipinski definition) is 4. The highest BCUT2D eigenvalue weighted by molar-refractivity contribution is 6.37. The Morgan fingerprint density at radius 1 is 1.45 bits per heavy atom. The molecule has 110 valence electrons. The molecule has 0 bridgehead atoms. The van der Waals surface area contributed by atoms with Crippen LogP contribution in [0.1, 0.15) is 20.8 Å². The van der Waals surface area contributed by atoms with Crippen LogP contribution in [0.15, 0.2) is 6.07 Å². The summed E-state index contributed by atoms with van der Waals surface area (Å²) in [5.41, 5.74) is -0.702. The van der Waals surface area contributed by atoms with Crippen LogP contribution in [0.4, 0.5) is 11.6 Å². The second kappa shape index (κ2) is 5.66. The van der Waals surface area contributed by atoms with E-state index < -0.39 is 5.54 Å². The Labute approximate surface area is 128 Å². The molecule has 1 aromatic heterocycles. The minimum Gasteiger partial charge on any atom is -0.369 e. The van der Waals surface area contributed by atoms with Crippen LogP contribution < -0.4 is 15.5 Å². The molecule has 2 rings (SSSR count). The average molecular weight is 317 g/mol. The maximum Gasteiger partial charge on any atom is 0.245 e. The van der Waals surface area contributed by atoms with Crippen molar-refractivity contribution in [2.75, 3.05) is 29.9 Å². The van der Waals surface area contributed by atoms with Crippen LogP contribution >= 0.6 is 23.2 Å². The van der Waals surface area contributed by atoms with Crippen molar-refractivity contribution in [3.63, 3.8) is 0 Å². The van der Waals surface area contributed by atoms with E-state index in [1.165, 1.54) is 0 Å². The van der Waals surface area contributed by atoms with Gasteiger partial charge in [0.15, 0.2) is 5.82 Å². The van der Waals surface area contributed by atoms with Crippen molar-refractivity contribution in [1.29, 1.82) is 0 Å². The molecule has 1 fully saturated rings. The van der Waals surface area contributed by atoms with Crippen LogP contribution in [-0.2, 0) is 4.79 Å². The first-order chi connectivity index (χ1) is 9.37. The van der Waals surface area contributed by atoms with E-state index in [4.69, 9.17) is 23.2 Å². The van der Waals surface area contributed by atoms with Crippen LogP contribution in [0, 0.1) is 0 Å². The Balaban J connectivity index is 2.45. The van der Waals surface area contributed by atoms with E-state index in [2.05, 4.69) is 15.6 Å². The Morgan fingerprint density at radius 2 is 2.15 bits per heavy atom. The SMILES string of the molecule is CCNc1nc(N2CCNC(=O)C2(C)C)c(Cl)cc1Cl. The molecule has 0 spiro atoms. The molecular formula is C13H18Cl2N4O. The van der Waals surface area contributed by atoms with Gasteiger partial charge in [0, 0.05) is 19.6 Å². The van der Waals surface area contributed by atoms with Gasteiger partial charge in [-0.3, -0.25) is 4.79 Å². The van der Waals surface area contributed by atoms with E-state index in [9.17, 15) is 4.79 Å². The molecule has 0 unspecified atom stereocenters. The number of halogens is 2. The largest absolute Gasteiger partial charge is 0.369 e. The molecule has 0 radical (unpaired) electrons. The van der Waals surface area contributed by atoms with Crippen LogP contribution in [0.25, 0.3) is 0 Å². The number of hydrogen-bond donors (Lipinski definition) is 2. The third-order valence-corrected chi connectivity index (χ3v) is 3.93. The Kier molecular flexibility index (Phi) is 4.30. The van der Waals surface area contributed by atoms with Gasteiger partial charge in [-0.05, 0) is 26.8 Å². The highest BCUT2D eigenvalue weighted by Gasteiger charge is 2.39. The van der Waals surface area contributed by atoms with E-state index in [-0.39, 0.29) is 5.91 Å². The van der Waals surface area contributed by atoms with Crippen LogP contribution in [0.3, 0.4) is 0 Å².